The van der Waals surface area contributed by atoms with Crippen molar-refractivity contribution < 1.29 is 0 Å². The van der Waals surface area contributed by atoms with Gasteiger partial charge in [-0.15, -0.1) is 0 Å². The molecule has 0 spiro atoms. The van der Waals surface area contributed by atoms with Crippen LogP contribution < -0.4 is 0 Å². The lowest BCUT2D eigenvalue weighted by atomic mass is 9.36. The minimum absolute atomic E-state index is 0.503. The summed E-state index contributed by atoms with van der Waals surface area (Å²) < 4.78 is 0. The normalized spacial score (nSPS) is 33.9. The summed E-state index contributed by atoms with van der Waals surface area (Å²) in [4.78, 5) is 0. The van der Waals surface area contributed by atoms with E-state index in [4.69, 9.17) is 0 Å². The first kappa shape index (κ1) is 13.6. The van der Waals surface area contributed by atoms with Crippen molar-refractivity contribution in [3.05, 3.63) is 0 Å². The predicted molar refractivity (Wildman–Crippen MR) is 82.0 cm³/mol. The molecule has 0 heterocycles. The third-order valence-electron chi connectivity index (χ3n) is 6.53. The third-order valence-corrected chi connectivity index (χ3v) is 6.53. The van der Waals surface area contributed by atoms with Gasteiger partial charge in [0.15, 0.2) is 0 Å². The second-order valence-corrected chi connectivity index (χ2v) is 8.07. The van der Waals surface area contributed by atoms with Crippen molar-refractivity contribution in [2.45, 2.75) is 70.9 Å². The molecule has 96 valence electrons. The van der Waals surface area contributed by atoms with Crippen molar-refractivity contribution in [3.8, 4) is 0 Å². The van der Waals surface area contributed by atoms with Crippen LogP contribution in [-0.4, -0.2) is 15.7 Å². The van der Waals surface area contributed by atoms with Crippen molar-refractivity contribution in [2.75, 3.05) is 0 Å². The first-order valence-corrected chi connectivity index (χ1v) is 7.87. The Labute approximate surface area is 110 Å². The van der Waals surface area contributed by atoms with Crippen LogP contribution in [0.3, 0.4) is 0 Å². The first-order valence-electron chi connectivity index (χ1n) is 7.87. The van der Waals surface area contributed by atoms with Crippen LogP contribution in [0.2, 0.25) is 5.21 Å². The van der Waals surface area contributed by atoms with Gasteiger partial charge in [0.05, 0.1) is 0 Å². The van der Waals surface area contributed by atoms with Gasteiger partial charge in [0.1, 0.15) is 15.7 Å². The van der Waals surface area contributed by atoms with Gasteiger partial charge in [-0.1, -0.05) is 45.2 Å². The van der Waals surface area contributed by atoms with Crippen LogP contribution in [0.15, 0.2) is 0 Å². The van der Waals surface area contributed by atoms with E-state index in [1.807, 2.05) is 0 Å². The summed E-state index contributed by atoms with van der Waals surface area (Å²) in [6.07, 6.45) is 10.4. The largest absolute Gasteiger partial charge is 0.100 e. The van der Waals surface area contributed by atoms with Gasteiger partial charge in [-0.05, 0) is 48.9 Å². The fourth-order valence-electron chi connectivity index (χ4n) is 4.60. The highest BCUT2D eigenvalue weighted by Gasteiger charge is 2.46. The van der Waals surface area contributed by atoms with Crippen molar-refractivity contribution in [1.29, 1.82) is 0 Å². The summed E-state index contributed by atoms with van der Waals surface area (Å²) in [6, 6.07) is 0. The topological polar surface area (TPSA) is 0 Å². The highest BCUT2D eigenvalue weighted by molar-refractivity contribution is 6.40. The number of rotatable bonds is 4. The molecule has 0 aliphatic heterocycles. The summed E-state index contributed by atoms with van der Waals surface area (Å²) in [5.41, 5.74) is 0.503. The van der Waals surface area contributed by atoms with Crippen LogP contribution in [0.4, 0.5) is 0 Å². The predicted octanol–water partition coefficient (Wildman–Crippen LogP) is 3.02. The van der Waals surface area contributed by atoms with E-state index in [-0.39, 0.29) is 0 Å². The second-order valence-electron chi connectivity index (χ2n) is 8.07. The molecule has 2 heteroatoms. The Morgan fingerprint density at radius 2 is 1.53 bits per heavy atom. The molecular formula is C15H30B2. The van der Waals surface area contributed by atoms with E-state index in [0.717, 1.165) is 17.8 Å². The maximum Gasteiger partial charge on any atom is 0.100 e. The van der Waals surface area contributed by atoms with E-state index in [0.29, 0.717) is 10.6 Å². The molecule has 2 fully saturated rings. The highest BCUT2D eigenvalue weighted by Crippen LogP contribution is 2.57. The Balaban J connectivity index is 2.09. The van der Waals surface area contributed by atoms with Gasteiger partial charge in [0.2, 0.25) is 0 Å². The van der Waals surface area contributed by atoms with Crippen LogP contribution >= 0.6 is 0 Å². The third kappa shape index (κ3) is 2.47. The molecule has 2 atom stereocenters. The van der Waals surface area contributed by atoms with Gasteiger partial charge in [0.25, 0.3) is 0 Å². The molecule has 0 nitrogen and oxygen atoms in total. The molecule has 0 N–H and O–H groups in total. The molecular weight excluding hydrogens is 202 g/mol. The Bertz CT molecular complexity index is 258. The van der Waals surface area contributed by atoms with Crippen molar-refractivity contribution in [3.63, 3.8) is 0 Å². The summed E-state index contributed by atoms with van der Waals surface area (Å²) in [6.45, 7) is 7.35. The van der Waals surface area contributed by atoms with Gasteiger partial charge in [0, 0.05) is 0 Å². The molecule has 2 rings (SSSR count). The van der Waals surface area contributed by atoms with Crippen molar-refractivity contribution >= 4 is 15.7 Å². The summed E-state index contributed by atoms with van der Waals surface area (Å²) >= 11 is 0. The molecule has 0 amide bonds. The smallest absolute Gasteiger partial charge is 0.0769 e. The average molecular weight is 232 g/mol. The monoisotopic (exact) mass is 232 g/mol. The lowest BCUT2D eigenvalue weighted by Crippen LogP contribution is -2.41. The second kappa shape index (κ2) is 4.67. The summed E-state index contributed by atoms with van der Waals surface area (Å²) in [7, 11) is 5.11. The van der Waals surface area contributed by atoms with Gasteiger partial charge < -0.3 is 0 Å². The standard InChI is InChI=1S/C15H30B2/c1-4-7-14(2,3)15(16,17)13-9-11-5-6-12(8-11)10-13/h11-13H,4-10,16-17H2,1-3H3. The zero-order valence-corrected chi connectivity index (χ0v) is 12.7. The average Bonchev–Trinajstić information content (AvgIpc) is 2.57. The summed E-state index contributed by atoms with van der Waals surface area (Å²) in [5, 5.41) is 0.518. The fourth-order valence-corrected chi connectivity index (χ4v) is 4.60. The van der Waals surface area contributed by atoms with Gasteiger partial charge in [-0.25, -0.2) is 0 Å². The molecule has 2 aliphatic rings. The number of hydrogen-bond acceptors (Lipinski definition) is 0. The van der Waals surface area contributed by atoms with Crippen LogP contribution in [0.1, 0.15) is 65.7 Å². The maximum atomic E-state index is 2.55. The molecule has 2 unspecified atom stereocenters. The van der Waals surface area contributed by atoms with E-state index < -0.39 is 0 Å². The first-order chi connectivity index (χ1) is 7.87. The molecule has 0 aromatic heterocycles. The number of hydrogen-bond donors (Lipinski definition) is 0. The minimum atomic E-state index is 0.503. The van der Waals surface area contributed by atoms with E-state index >= 15 is 0 Å². The molecule has 2 bridgehead atoms. The molecule has 0 aromatic carbocycles. The molecule has 0 radical (unpaired) electrons. The lowest BCUT2D eigenvalue weighted by molar-refractivity contribution is 0.148. The Kier molecular flexibility index (Phi) is 3.72. The molecule has 2 aliphatic carbocycles. The quantitative estimate of drug-likeness (QED) is 0.653. The van der Waals surface area contributed by atoms with Crippen LogP contribution in [0, 0.1) is 23.2 Å². The van der Waals surface area contributed by atoms with Gasteiger partial charge >= 0.3 is 0 Å². The minimum Gasteiger partial charge on any atom is -0.0769 e. The fraction of sp³-hybridized carbons (Fsp3) is 1.00. The Hall–Kier alpha value is 0.130. The maximum absolute atomic E-state index is 2.55. The van der Waals surface area contributed by atoms with Crippen LogP contribution in [0.5, 0.6) is 0 Å². The lowest BCUT2D eigenvalue weighted by Gasteiger charge is -2.50. The highest BCUT2D eigenvalue weighted by atomic mass is 14.5. The molecule has 2 saturated carbocycles. The zero-order chi connectivity index (χ0) is 12.7. The zero-order valence-electron chi connectivity index (χ0n) is 12.7. The van der Waals surface area contributed by atoms with Gasteiger partial charge in [-0.3, -0.25) is 0 Å². The number of fused-ring (bicyclic) bond motifs is 2. The van der Waals surface area contributed by atoms with E-state index in [1.54, 1.807) is 6.42 Å². The SMILES string of the molecule is BC(B)(C1CC2CCC(C2)C1)C(C)(C)CCC. The van der Waals surface area contributed by atoms with E-state index in [2.05, 4.69) is 36.5 Å². The molecule has 17 heavy (non-hydrogen) atoms. The summed E-state index contributed by atoms with van der Waals surface area (Å²) in [5.74, 6) is 3.14. The van der Waals surface area contributed by atoms with Gasteiger partial charge in [-0.2, -0.15) is 0 Å². The Morgan fingerprint density at radius 3 is 2.00 bits per heavy atom. The van der Waals surface area contributed by atoms with Crippen LogP contribution in [0.25, 0.3) is 0 Å². The van der Waals surface area contributed by atoms with Crippen molar-refractivity contribution in [2.24, 2.45) is 23.2 Å². The van der Waals surface area contributed by atoms with E-state index in [1.165, 1.54) is 38.5 Å². The Morgan fingerprint density at radius 1 is 1.00 bits per heavy atom. The molecule has 0 saturated heterocycles. The molecule has 0 aromatic rings. The van der Waals surface area contributed by atoms with E-state index in [9.17, 15) is 0 Å². The van der Waals surface area contributed by atoms with Crippen LogP contribution in [-0.2, 0) is 0 Å². The van der Waals surface area contributed by atoms with Crippen molar-refractivity contribution in [1.82, 2.24) is 0 Å².